The molecule has 0 aliphatic carbocycles. The minimum Gasteiger partial charge on any atom is -0.496 e. The number of hydrogen-bond donors (Lipinski definition) is 0. The largest absolute Gasteiger partial charge is 0.496 e. The molecule has 0 aliphatic rings. The zero-order valence-corrected chi connectivity index (χ0v) is 15.1. The van der Waals surface area contributed by atoms with Gasteiger partial charge in [-0.2, -0.15) is 0 Å². The molecule has 0 atom stereocenters. The van der Waals surface area contributed by atoms with Crippen molar-refractivity contribution < 1.29 is 9.47 Å². The molecule has 2 nitrogen and oxygen atoms in total. The third-order valence-electron chi connectivity index (χ3n) is 2.60. The Kier molecular flexibility index (Phi) is 5.61. The Hall–Kier alpha value is -0.420. The normalized spacial score (nSPS) is 10.4. The predicted molar refractivity (Wildman–Crippen MR) is 89.5 cm³/mol. The lowest BCUT2D eigenvalue weighted by Gasteiger charge is -2.11. The molecule has 0 saturated carbocycles. The van der Waals surface area contributed by atoms with Crippen LogP contribution in [-0.4, -0.2) is 7.11 Å². The summed E-state index contributed by atoms with van der Waals surface area (Å²) in [6, 6.07) is 9.07. The Morgan fingerprint density at radius 3 is 2.30 bits per heavy atom. The molecule has 2 aromatic rings. The number of halogens is 4. The highest BCUT2D eigenvalue weighted by atomic mass is 79.9. The van der Waals surface area contributed by atoms with Crippen LogP contribution >= 0.6 is 55.1 Å². The van der Waals surface area contributed by atoms with Gasteiger partial charge in [0, 0.05) is 10.9 Å². The average Bonchev–Trinajstić information content (AvgIpc) is 2.42. The first kappa shape index (κ1) is 16.0. The fourth-order valence-corrected chi connectivity index (χ4v) is 3.00. The van der Waals surface area contributed by atoms with E-state index in [2.05, 4.69) is 31.9 Å². The van der Waals surface area contributed by atoms with Gasteiger partial charge in [0.25, 0.3) is 0 Å². The van der Waals surface area contributed by atoms with Gasteiger partial charge in [0.1, 0.15) is 17.2 Å². The van der Waals surface area contributed by atoms with Crippen LogP contribution in [0.2, 0.25) is 5.02 Å². The second-order valence-electron chi connectivity index (χ2n) is 3.91. The molecule has 2 aromatic carbocycles. The number of hydrogen-bond acceptors (Lipinski definition) is 2. The van der Waals surface area contributed by atoms with Crippen LogP contribution in [0.5, 0.6) is 17.2 Å². The minimum absolute atomic E-state index is 0.372. The molecule has 0 radical (unpaired) electrons. The summed E-state index contributed by atoms with van der Waals surface area (Å²) in [6.07, 6.45) is 0. The van der Waals surface area contributed by atoms with Crippen molar-refractivity contribution in [2.75, 3.05) is 7.11 Å². The molecule has 0 N–H and O–H groups in total. The highest BCUT2D eigenvalue weighted by molar-refractivity contribution is 9.11. The van der Waals surface area contributed by atoms with E-state index < -0.39 is 0 Å². The van der Waals surface area contributed by atoms with Crippen molar-refractivity contribution in [3.8, 4) is 17.2 Å². The van der Waals surface area contributed by atoms with E-state index in [1.54, 1.807) is 13.2 Å². The van der Waals surface area contributed by atoms with Gasteiger partial charge in [-0.3, -0.25) is 0 Å². The van der Waals surface area contributed by atoms with E-state index in [0.29, 0.717) is 22.4 Å². The van der Waals surface area contributed by atoms with Gasteiger partial charge in [0.2, 0.25) is 0 Å². The molecule has 0 heterocycles. The molecule has 0 unspecified atom stereocenters. The highest BCUT2D eigenvalue weighted by Crippen LogP contribution is 2.38. The highest BCUT2D eigenvalue weighted by Gasteiger charge is 2.10. The summed E-state index contributed by atoms with van der Waals surface area (Å²) in [7, 11) is 1.61. The third kappa shape index (κ3) is 3.61. The van der Waals surface area contributed by atoms with Gasteiger partial charge in [0.05, 0.1) is 16.1 Å². The summed E-state index contributed by atoms with van der Waals surface area (Å²) in [6.45, 7) is 0. The summed E-state index contributed by atoms with van der Waals surface area (Å²) >= 11 is 18.7. The van der Waals surface area contributed by atoms with E-state index in [0.717, 1.165) is 20.3 Å². The summed E-state index contributed by atoms with van der Waals surface area (Å²) in [4.78, 5) is 0. The molecule has 0 amide bonds. The number of ether oxygens (including phenoxy) is 2. The van der Waals surface area contributed by atoms with Crippen LogP contribution in [0.25, 0.3) is 0 Å². The molecule has 6 heteroatoms. The Balaban J connectivity index is 2.30. The number of rotatable bonds is 4. The Morgan fingerprint density at radius 1 is 1.05 bits per heavy atom. The summed E-state index contributed by atoms with van der Waals surface area (Å²) in [5.41, 5.74) is 0.871. The van der Waals surface area contributed by atoms with E-state index in [9.17, 15) is 0 Å². The molecule has 2 rings (SSSR count). The first-order valence-electron chi connectivity index (χ1n) is 5.60. The molecule has 0 fully saturated rings. The van der Waals surface area contributed by atoms with Crippen molar-refractivity contribution in [3.05, 3.63) is 49.9 Å². The number of benzene rings is 2. The maximum Gasteiger partial charge on any atom is 0.143 e. The van der Waals surface area contributed by atoms with Gasteiger partial charge in [-0.25, -0.2) is 0 Å². The minimum atomic E-state index is 0.372. The molecule has 106 valence electrons. The lowest BCUT2D eigenvalue weighted by Crippen LogP contribution is -1.90. The van der Waals surface area contributed by atoms with Crippen LogP contribution in [0.3, 0.4) is 0 Å². The molecule has 0 aliphatic heterocycles. The molecule has 0 aromatic heterocycles. The standard InChI is InChI=1S/C14H10Br2Cl2O2/c1-19-13-5-11(16)14(6-10(13)15)20-9-3-2-8(7-17)12(18)4-9/h2-6H,7H2,1H3. The maximum atomic E-state index is 6.11. The quantitative estimate of drug-likeness (QED) is 0.512. The van der Waals surface area contributed by atoms with Gasteiger partial charge >= 0.3 is 0 Å². The van der Waals surface area contributed by atoms with Crippen LogP contribution in [0.15, 0.2) is 39.3 Å². The van der Waals surface area contributed by atoms with Crippen molar-refractivity contribution >= 4 is 55.1 Å². The Morgan fingerprint density at radius 2 is 1.70 bits per heavy atom. The lowest BCUT2D eigenvalue weighted by molar-refractivity contribution is 0.409. The van der Waals surface area contributed by atoms with E-state index in [-0.39, 0.29) is 0 Å². The van der Waals surface area contributed by atoms with Gasteiger partial charge in [0.15, 0.2) is 0 Å². The summed E-state index contributed by atoms with van der Waals surface area (Å²) < 4.78 is 12.6. The Labute approximate surface area is 144 Å². The monoisotopic (exact) mass is 438 g/mol. The second-order valence-corrected chi connectivity index (χ2v) is 6.29. The van der Waals surface area contributed by atoms with Crippen LogP contribution in [-0.2, 0) is 5.88 Å². The molecule has 20 heavy (non-hydrogen) atoms. The second kappa shape index (κ2) is 7.03. The van der Waals surface area contributed by atoms with Crippen molar-refractivity contribution in [2.45, 2.75) is 5.88 Å². The molecule has 0 spiro atoms. The van der Waals surface area contributed by atoms with E-state index >= 15 is 0 Å². The number of alkyl halides is 1. The van der Waals surface area contributed by atoms with E-state index in [1.807, 2.05) is 24.3 Å². The van der Waals surface area contributed by atoms with Gasteiger partial charge < -0.3 is 9.47 Å². The smallest absolute Gasteiger partial charge is 0.143 e. The average molecular weight is 441 g/mol. The van der Waals surface area contributed by atoms with E-state index in [4.69, 9.17) is 32.7 Å². The van der Waals surface area contributed by atoms with Crippen molar-refractivity contribution in [1.29, 1.82) is 0 Å². The fourth-order valence-electron chi connectivity index (χ4n) is 1.57. The fraction of sp³-hybridized carbons (Fsp3) is 0.143. The lowest BCUT2D eigenvalue weighted by atomic mass is 10.2. The maximum absolute atomic E-state index is 6.11. The van der Waals surface area contributed by atoms with Crippen LogP contribution in [0.1, 0.15) is 5.56 Å². The van der Waals surface area contributed by atoms with Gasteiger partial charge in [-0.1, -0.05) is 17.7 Å². The van der Waals surface area contributed by atoms with E-state index in [1.165, 1.54) is 0 Å². The summed E-state index contributed by atoms with van der Waals surface area (Å²) in [5.74, 6) is 2.39. The van der Waals surface area contributed by atoms with Gasteiger partial charge in [-0.15, -0.1) is 11.6 Å². The van der Waals surface area contributed by atoms with Crippen molar-refractivity contribution in [2.24, 2.45) is 0 Å². The molecular formula is C14H10Br2Cl2O2. The number of methoxy groups -OCH3 is 1. The Bertz CT molecular complexity index is 633. The SMILES string of the molecule is COc1cc(Br)c(Oc2ccc(CCl)c(Cl)c2)cc1Br. The van der Waals surface area contributed by atoms with Crippen LogP contribution < -0.4 is 9.47 Å². The predicted octanol–water partition coefficient (Wildman–Crippen LogP) is 6.40. The molecule has 0 saturated heterocycles. The zero-order chi connectivity index (χ0) is 14.7. The van der Waals surface area contributed by atoms with Crippen molar-refractivity contribution in [3.63, 3.8) is 0 Å². The molecular weight excluding hydrogens is 431 g/mol. The third-order valence-corrected chi connectivity index (χ3v) is 4.48. The van der Waals surface area contributed by atoms with Crippen LogP contribution in [0, 0.1) is 0 Å². The van der Waals surface area contributed by atoms with Gasteiger partial charge in [-0.05, 0) is 61.7 Å². The summed E-state index contributed by atoms with van der Waals surface area (Å²) in [5, 5.41) is 0.584. The topological polar surface area (TPSA) is 18.5 Å². The first-order chi connectivity index (χ1) is 9.55. The van der Waals surface area contributed by atoms with Crippen molar-refractivity contribution in [1.82, 2.24) is 0 Å². The van der Waals surface area contributed by atoms with Crippen LogP contribution in [0.4, 0.5) is 0 Å². The zero-order valence-electron chi connectivity index (χ0n) is 10.4. The first-order valence-corrected chi connectivity index (χ1v) is 8.10. The molecule has 0 bridgehead atoms.